The number of hydrazine groups is 1. The van der Waals surface area contributed by atoms with Crippen LogP contribution in [-0.2, 0) is 4.74 Å². The number of nitrogens with two attached hydrogens (primary N) is 1. The Morgan fingerprint density at radius 1 is 1.05 bits per heavy atom. The van der Waals surface area contributed by atoms with Crippen molar-refractivity contribution in [2.24, 2.45) is 5.84 Å². The molecule has 3 N–H and O–H groups in total. The third kappa shape index (κ3) is 3.07. The van der Waals surface area contributed by atoms with Crippen LogP contribution >= 0.6 is 0 Å². The monoisotopic (exact) mass is 270 g/mol. The fourth-order valence-corrected chi connectivity index (χ4v) is 2.62. The SMILES string of the molecule is COC(c1ccccc1)C(NN)c1ccc(C)cc1C. The van der Waals surface area contributed by atoms with E-state index in [4.69, 9.17) is 10.6 Å². The molecule has 0 aromatic heterocycles. The van der Waals surface area contributed by atoms with E-state index in [1.165, 1.54) is 11.1 Å². The van der Waals surface area contributed by atoms with Gasteiger partial charge < -0.3 is 4.74 Å². The van der Waals surface area contributed by atoms with Crippen molar-refractivity contribution in [2.75, 3.05) is 7.11 Å². The van der Waals surface area contributed by atoms with Gasteiger partial charge in [-0.3, -0.25) is 5.84 Å². The maximum Gasteiger partial charge on any atom is 0.103 e. The van der Waals surface area contributed by atoms with E-state index in [0.717, 1.165) is 11.1 Å². The van der Waals surface area contributed by atoms with E-state index in [1.54, 1.807) is 7.11 Å². The first kappa shape index (κ1) is 14.7. The number of hydrogen-bond acceptors (Lipinski definition) is 3. The minimum absolute atomic E-state index is 0.0806. The van der Waals surface area contributed by atoms with Gasteiger partial charge in [0.2, 0.25) is 0 Å². The van der Waals surface area contributed by atoms with Gasteiger partial charge in [-0.1, -0.05) is 54.1 Å². The van der Waals surface area contributed by atoms with E-state index in [9.17, 15) is 0 Å². The van der Waals surface area contributed by atoms with Crippen LogP contribution in [0.25, 0.3) is 0 Å². The molecule has 20 heavy (non-hydrogen) atoms. The Balaban J connectivity index is 2.39. The summed E-state index contributed by atoms with van der Waals surface area (Å²) in [5, 5.41) is 0. The number of aryl methyl sites for hydroxylation is 2. The third-order valence-electron chi connectivity index (χ3n) is 3.62. The van der Waals surface area contributed by atoms with Gasteiger partial charge in [0.15, 0.2) is 0 Å². The molecular weight excluding hydrogens is 248 g/mol. The van der Waals surface area contributed by atoms with E-state index in [0.29, 0.717) is 0 Å². The van der Waals surface area contributed by atoms with Crippen LogP contribution in [0, 0.1) is 13.8 Å². The predicted octanol–water partition coefficient (Wildman–Crippen LogP) is 3.20. The first-order valence-electron chi connectivity index (χ1n) is 6.78. The molecule has 0 saturated heterocycles. The third-order valence-corrected chi connectivity index (χ3v) is 3.62. The summed E-state index contributed by atoms with van der Waals surface area (Å²) >= 11 is 0. The second-order valence-corrected chi connectivity index (χ2v) is 5.07. The summed E-state index contributed by atoms with van der Waals surface area (Å²) in [5.74, 6) is 5.80. The Labute approximate surface area is 120 Å². The first-order chi connectivity index (χ1) is 9.67. The van der Waals surface area contributed by atoms with Gasteiger partial charge in [0.25, 0.3) is 0 Å². The van der Waals surface area contributed by atoms with Gasteiger partial charge in [0.05, 0.1) is 6.04 Å². The lowest BCUT2D eigenvalue weighted by Crippen LogP contribution is -2.33. The minimum atomic E-state index is -0.123. The quantitative estimate of drug-likeness (QED) is 0.648. The van der Waals surface area contributed by atoms with Gasteiger partial charge >= 0.3 is 0 Å². The van der Waals surface area contributed by atoms with Crippen LogP contribution in [0.2, 0.25) is 0 Å². The molecule has 0 aliphatic heterocycles. The van der Waals surface area contributed by atoms with Crippen molar-refractivity contribution in [2.45, 2.75) is 26.0 Å². The first-order valence-corrected chi connectivity index (χ1v) is 6.78. The minimum Gasteiger partial charge on any atom is -0.375 e. The van der Waals surface area contributed by atoms with E-state index in [2.05, 4.69) is 49.6 Å². The second-order valence-electron chi connectivity index (χ2n) is 5.07. The van der Waals surface area contributed by atoms with Gasteiger partial charge in [-0.25, -0.2) is 5.43 Å². The highest BCUT2D eigenvalue weighted by atomic mass is 16.5. The highest BCUT2D eigenvalue weighted by Crippen LogP contribution is 2.32. The van der Waals surface area contributed by atoms with Crippen molar-refractivity contribution in [3.8, 4) is 0 Å². The van der Waals surface area contributed by atoms with Crippen LogP contribution < -0.4 is 11.3 Å². The highest BCUT2D eigenvalue weighted by Gasteiger charge is 2.24. The molecule has 0 amide bonds. The second kappa shape index (κ2) is 6.66. The molecule has 0 aliphatic rings. The number of ether oxygens (including phenoxy) is 1. The Hall–Kier alpha value is -1.68. The Morgan fingerprint density at radius 2 is 1.75 bits per heavy atom. The Kier molecular flexibility index (Phi) is 4.90. The molecule has 0 bridgehead atoms. The fourth-order valence-electron chi connectivity index (χ4n) is 2.62. The van der Waals surface area contributed by atoms with Crippen LogP contribution in [-0.4, -0.2) is 7.11 Å². The van der Waals surface area contributed by atoms with Crippen molar-refractivity contribution >= 4 is 0 Å². The van der Waals surface area contributed by atoms with Crippen molar-refractivity contribution in [1.29, 1.82) is 0 Å². The number of rotatable bonds is 5. The highest BCUT2D eigenvalue weighted by molar-refractivity contribution is 5.35. The average Bonchev–Trinajstić information content (AvgIpc) is 2.46. The van der Waals surface area contributed by atoms with Gasteiger partial charge in [-0.05, 0) is 30.5 Å². The molecule has 2 aromatic carbocycles. The lowest BCUT2D eigenvalue weighted by atomic mass is 9.92. The normalized spacial score (nSPS) is 14.0. The molecule has 0 saturated carbocycles. The van der Waals surface area contributed by atoms with E-state index in [-0.39, 0.29) is 12.1 Å². The van der Waals surface area contributed by atoms with E-state index >= 15 is 0 Å². The predicted molar refractivity (Wildman–Crippen MR) is 82.2 cm³/mol. The molecule has 2 unspecified atom stereocenters. The van der Waals surface area contributed by atoms with Crippen LogP contribution in [0.5, 0.6) is 0 Å². The summed E-state index contributed by atoms with van der Waals surface area (Å²) in [7, 11) is 1.71. The zero-order valence-corrected chi connectivity index (χ0v) is 12.3. The summed E-state index contributed by atoms with van der Waals surface area (Å²) < 4.78 is 5.69. The molecule has 0 radical (unpaired) electrons. The van der Waals surface area contributed by atoms with Crippen molar-refractivity contribution in [1.82, 2.24) is 5.43 Å². The number of hydrogen-bond donors (Lipinski definition) is 2. The average molecular weight is 270 g/mol. The van der Waals surface area contributed by atoms with Crippen molar-refractivity contribution in [3.05, 3.63) is 70.8 Å². The molecule has 2 rings (SSSR count). The number of benzene rings is 2. The number of nitrogens with one attached hydrogen (secondary N) is 1. The summed E-state index contributed by atoms with van der Waals surface area (Å²) in [6.45, 7) is 4.19. The molecule has 2 aromatic rings. The lowest BCUT2D eigenvalue weighted by molar-refractivity contribution is 0.0674. The zero-order chi connectivity index (χ0) is 14.5. The topological polar surface area (TPSA) is 47.3 Å². The largest absolute Gasteiger partial charge is 0.375 e. The van der Waals surface area contributed by atoms with Crippen LogP contribution in [0.4, 0.5) is 0 Å². The summed E-state index contributed by atoms with van der Waals surface area (Å²) in [6, 6.07) is 16.4. The maximum atomic E-state index is 5.80. The van der Waals surface area contributed by atoms with Crippen LogP contribution in [0.3, 0.4) is 0 Å². The molecule has 2 atom stereocenters. The van der Waals surface area contributed by atoms with Crippen molar-refractivity contribution in [3.63, 3.8) is 0 Å². The molecule has 0 heterocycles. The maximum absolute atomic E-state index is 5.80. The fraction of sp³-hybridized carbons (Fsp3) is 0.294. The number of methoxy groups -OCH3 is 1. The molecule has 0 aliphatic carbocycles. The molecular formula is C17H22N2O. The van der Waals surface area contributed by atoms with E-state index < -0.39 is 0 Å². The smallest absolute Gasteiger partial charge is 0.103 e. The van der Waals surface area contributed by atoms with E-state index in [1.807, 2.05) is 18.2 Å². The molecule has 3 nitrogen and oxygen atoms in total. The Bertz CT molecular complexity index is 554. The summed E-state index contributed by atoms with van der Waals surface area (Å²) in [6.07, 6.45) is -0.123. The molecule has 106 valence electrons. The lowest BCUT2D eigenvalue weighted by Gasteiger charge is -2.27. The van der Waals surface area contributed by atoms with Crippen LogP contribution in [0.1, 0.15) is 34.4 Å². The molecule has 3 heteroatoms. The zero-order valence-electron chi connectivity index (χ0n) is 12.3. The summed E-state index contributed by atoms with van der Waals surface area (Å²) in [4.78, 5) is 0. The standard InChI is InChI=1S/C17H22N2O/c1-12-9-10-15(13(2)11-12)16(19-18)17(20-3)14-7-5-4-6-8-14/h4-11,16-17,19H,18H2,1-3H3. The van der Waals surface area contributed by atoms with Gasteiger partial charge in [-0.15, -0.1) is 0 Å². The van der Waals surface area contributed by atoms with Crippen molar-refractivity contribution < 1.29 is 4.74 Å². The summed E-state index contributed by atoms with van der Waals surface area (Å²) in [5.41, 5.74) is 7.63. The van der Waals surface area contributed by atoms with Crippen LogP contribution in [0.15, 0.2) is 48.5 Å². The molecule has 0 fully saturated rings. The molecule has 0 spiro atoms. The van der Waals surface area contributed by atoms with Gasteiger partial charge in [0, 0.05) is 7.11 Å². The Morgan fingerprint density at radius 3 is 2.30 bits per heavy atom. The van der Waals surface area contributed by atoms with Gasteiger partial charge in [-0.2, -0.15) is 0 Å². The van der Waals surface area contributed by atoms with Gasteiger partial charge in [0.1, 0.15) is 6.10 Å².